The summed E-state index contributed by atoms with van der Waals surface area (Å²) in [6.45, 7) is 3.03. The zero-order valence-corrected chi connectivity index (χ0v) is 17.3. The SMILES string of the molecule is CC1C=CC(C)(O)C2CN1C(=O)c1c(O)c(=O)c(C(=O)NCc3ccc(F)cc3F)cn12. The molecule has 168 valence electrons. The van der Waals surface area contributed by atoms with Gasteiger partial charge in [-0.15, -0.1) is 0 Å². The second-order valence-electron chi connectivity index (χ2n) is 8.19. The lowest BCUT2D eigenvalue weighted by Gasteiger charge is -2.41. The zero-order chi connectivity index (χ0) is 23.4. The monoisotopic (exact) mass is 445 g/mol. The number of aromatic hydroxyl groups is 1. The van der Waals surface area contributed by atoms with Gasteiger partial charge < -0.3 is 25.0 Å². The molecule has 10 heteroatoms. The van der Waals surface area contributed by atoms with Crippen LogP contribution < -0.4 is 10.7 Å². The van der Waals surface area contributed by atoms with Crippen LogP contribution in [0.4, 0.5) is 8.78 Å². The number of nitrogens with one attached hydrogen (secondary N) is 1. The van der Waals surface area contributed by atoms with Gasteiger partial charge in [-0.1, -0.05) is 18.2 Å². The second kappa shape index (κ2) is 7.56. The molecule has 0 fully saturated rings. The maximum atomic E-state index is 13.8. The lowest BCUT2D eigenvalue weighted by atomic mass is 9.93. The number of fused-ring (bicyclic) bond motifs is 4. The number of pyridine rings is 1. The number of rotatable bonds is 3. The van der Waals surface area contributed by atoms with Crippen molar-refractivity contribution in [2.45, 2.75) is 38.1 Å². The third-order valence-corrected chi connectivity index (χ3v) is 5.96. The molecule has 3 heterocycles. The Morgan fingerprint density at radius 1 is 1.31 bits per heavy atom. The van der Waals surface area contributed by atoms with E-state index < -0.39 is 51.8 Å². The summed E-state index contributed by atoms with van der Waals surface area (Å²) in [4.78, 5) is 39.8. The third kappa shape index (κ3) is 3.46. The Bertz CT molecular complexity index is 1220. The number of carbonyl (C=O) groups excluding carboxylic acids is 2. The largest absolute Gasteiger partial charge is 0.503 e. The number of carbonyl (C=O) groups is 2. The Morgan fingerprint density at radius 2 is 2.03 bits per heavy atom. The van der Waals surface area contributed by atoms with E-state index in [-0.39, 0.29) is 30.4 Å². The molecule has 0 saturated carbocycles. The van der Waals surface area contributed by atoms with Crippen LogP contribution in [0.1, 0.15) is 46.3 Å². The van der Waals surface area contributed by atoms with Gasteiger partial charge in [0.2, 0.25) is 5.43 Å². The van der Waals surface area contributed by atoms with Gasteiger partial charge in [0.1, 0.15) is 22.8 Å². The van der Waals surface area contributed by atoms with Gasteiger partial charge in [0, 0.05) is 37.0 Å². The number of halogens is 2. The highest BCUT2D eigenvalue weighted by Crippen LogP contribution is 2.36. The minimum atomic E-state index is -1.44. The Labute approximate surface area is 181 Å². The van der Waals surface area contributed by atoms with E-state index in [1.165, 1.54) is 22.5 Å². The van der Waals surface area contributed by atoms with Crippen molar-refractivity contribution in [2.24, 2.45) is 0 Å². The molecule has 2 bridgehead atoms. The predicted octanol–water partition coefficient (Wildman–Crippen LogP) is 1.47. The van der Waals surface area contributed by atoms with E-state index in [0.29, 0.717) is 6.07 Å². The van der Waals surface area contributed by atoms with Crippen molar-refractivity contribution in [3.63, 3.8) is 0 Å². The van der Waals surface area contributed by atoms with E-state index in [1.54, 1.807) is 13.0 Å². The molecule has 0 radical (unpaired) electrons. The van der Waals surface area contributed by atoms with Crippen molar-refractivity contribution in [3.8, 4) is 5.75 Å². The molecular weight excluding hydrogens is 424 g/mol. The first-order chi connectivity index (χ1) is 15.0. The average Bonchev–Trinajstić information content (AvgIpc) is 2.83. The number of hydrogen-bond donors (Lipinski definition) is 3. The molecule has 3 N–H and O–H groups in total. The maximum Gasteiger partial charge on any atom is 0.275 e. The summed E-state index contributed by atoms with van der Waals surface area (Å²) in [5.74, 6) is -4.07. The Kier molecular flexibility index (Phi) is 5.12. The fraction of sp³-hybridized carbons (Fsp3) is 0.318. The van der Waals surface area contributed by atoms with Crippen molar-refractivity contribution < 1.29 is 28.6 Å². The van der Waals surface area contributed by atoms with E-state index in [2.05, 4.69) is 5.32 Å². The predicted molar refractivity (Wildman–Crippen MR) is 109 cm³/mol. The van der Waals surface area contributed by atoms with Crippen LogP contribution in [0.5, 0.6) is 5.75 Å². The Morgan fingerprint density at radius 3 is 2.72 bits per heavy atom. The standard InChI is InChI=1S/C22H21F2N3O5/c1-11-5-6-22(2,32)16-10-26(11)21(31)17-19(29)18(28)14(9-27(16)17)20(30)25-8-12-3-4-13(23)7-15(12)24/h3-7,9,11,16,29,32H,8,10H2,1-2H3,(H,25,30). The van der Waals surface area contributed by atoms with Gasteiger partial charge in [0.15, 0.2) is 11.4 Å². The summed E-state index contributed by atoms with van der Waals surface area (Å²) in [7, 11) is 0. The summed E-state index contributed by atoms with van der Waals surface area (Å²) in [6.07, 6.45) is 4.31. The van der Waals surface area contributed by atoms with E-state index >= 15 is 0 Å². The molecule has 8 nitrogen and oxygen atoms in total. The number of hydrogen-bond acceptors (Lipinski definition) is 5. The van der Waals surface area contributed by atoms with Crippen molar-refractivity contribution in [1.29, 1.82) is 0 Å². The van der Waals surface area contributed by atoms with Crippen LogP contribution in [0.15, 0.2) is 41.3 Å². The summed E-state index contributed by atoms with van der Waals surface area (Å²) < 4.78 is 28.1. The molecule has 0 spiro atoms. The summed E-state index contributed by atoms with van der Waals surface area (Å²) in [6, 6.07) is 1.71. The van der Waals surface area contributed by atoms with Crippen LogP contribution in [0.2, 0.25) is 0 Å². The second-order valence-corrected chi connectivity index (χ2v) is 8.19. The Hall–Kier alpha value is -3.53. The van der Waals surface area contributed by atoms with Gasteiger partial charge >= 0.3 is 0 Å². The highest BCUT2D eigenvalue weighted by Gasteiger charge is 2.44. The van der Waals surface area contributed by atoms with Crippen LogP contribution in [-0.4, -0.2) is 49.7 Å². The maximum absolute atomic E-state index is 13.8. The molecule has 3 atom stereocenters. The molecule has 0 saturated heterocycles. The molecule has 1 aromatic carbocycles. The lowest BCUT2D eigenvalue weighted by molar-refractivity contribution is 0.0205. The quantitative estimate of drug-likeness (QED) is 0.620. The summed E-state index contributed by atoms with van der Waals surface area (Å²) in [5.41, 5.74) is -3.30. The van der Waals surface area contributed by atoms with Gasteiger partial charge in [-0.25, -0.2) is 8.78 Å². The highest BCUT2D eigenvalue weighted by atomic mass is 19.1. The minimum Gasteiger partial charge on any atom is -0.503 e. The molecule has 2 aromatic rings. The van der Waals surface area contributed by atoms with Crippen molar-refractivity contribution >= 4 is 11.8 Å². The highest BCUT2D eigenvalue weighted by molar-refractivity contribution is 5.99. The van der Waals surface area contributed by atoms with Crippen LogP contribution in [0.25, 0.3) is 0 Å². The van der Waals surface area contributed by atoms with Crippen molar-refractivity contribution in [1.82, 2.24) is 14.8 Å². The average molecular weight is 445 g/mol. The van der Waals surface area contributed by atoms with E-state index in [0.717, 1.165) is 18.3 Å². The third-order valence-electron chi connectivity index (χ3n) is 5.96. The van der Waals surface area contributed by atoms with Gasteiger partial charge in [0.25, 0.3) is 11.8 Å². The Balaban J connectivity index is 1.73. The first-order valence-corrected chi connectivity index (χ1v) is 9.94. The number of benzene rings is 1. The topological polar surface area (TPSA) is 112 Å². The van der Waals surface area contributed by atoms with Crippen LogP contribution in [-0.2, 0) is 6.54 Å². The molecule has 2 aliphatic rings. The van der Waals surface area contributed by atoms with Crippen molar-refractivity contribution in [2.75, 3.05) is 6.54 Å². The number of nitrogens with zero attached hydrogens (tertiary/aromatic N) is 2. The van der Waals surface area contributed by atoms with Crippen LogP contribution in [0.3, 0.4) is 0 Å². The minimum absolute atomic E-state index is 0.00122. The van der Waals surface area contributed by atoms with E-state index in [9.17, 15) is 33.4 Å². The van der Waals surface area contributed by atoms with E-state index in [4.69, 9.17) is 0 Å². The molecule has 2 amide bonds. The van der Waals surface area contributed by atoms with Gasteiger partial charge in [-0.2, -0.15) is 0 Å². The molecule has 32 heavy (non-hydrogen) atoms. The fourth-order valence-corrected chi connectivity index (χ4v) is 4.03. The van der Waals surface area contributed by atoms with Crippen LogP contribution >= 0.6 is 0 Å². The number of aromatic nitrogens is 1. The fourth-order valence-electron chi connectivity index (χ4n) is 4.03. The molecule has 0 aliphatic carbocycles. The number of amides is 2. The molecular formula is C22H21F2N3O5. The summed E-state index contributed by atoms with van der Waals surface area (Å²) >= 11 is 0. The first-order valence-electron chi connectivity index (χ1n) is 9.94. The molecule has 2 aliphatic heterocycles. The zero-order valence-electron chi connectivity index (χ0n) is 17.3. The first kappa shape index (κ1) is 21.7. The smallest absolute Gasteiger partial charge is 0.275 e. The molecule has 1 aromatic heterocycles. The molecule has 4 rings (SSSR count). The number of aliphatic hydroxyl groups is 1. The van der Waals surface area contributed by atoms with Gasteiger partial charge in [-0.05, 0) is 19.9 Å². The van der Waals surface area contributed by atoms with Gasteiger partial charge in [0.05, 0.1) is 6.04 Å². The lowest BCUT2D eigenvalue weighted by Crippen LogP contribution is -2.51. The van der Waals surface area contributed by atoms with Gasteiger partial charge in [-0.3, -0.25) is 14.4 Å². The van der Waals surface area contributed by atoms with E-state index in [1.807, 2.05) is 0 Å². The normalized spacial score (nSPS) is 24.2. The van der Waals surface area contributed by atoms with Crippen molar-refractivity contribution in [3.05, 3.63) is 75.2 Å². The summed E-state index contributed by atoms with van der Waals surface area (Å²) in [5, 5.41) is 23.8. The molecule has 3 unspecified atom stereocenters. The van der Waals surface area contributed by atoms with Crippen LogP contribution in [0, 0.1) is 11.6 Å².